The Labute approximate surface area is 115 Å². The summed E-state index contributed by atoms with van der Waals surface area (Å²) < 4.78 is 2.53. The SMILES string of the molecule is O=C(Nc1ncc(Br)s1)c1cnn2ccccc12. The summed E-state index contributed by atoms with van der Waals surface area (Å²) in [6.07, 6.45) is 5.00. The Kier molecular flexibility index (Phi) is 2.85. The molecule has 90 valence electrons. The van der Waals surface area contributed by atoms with Gasteiger partial charge < -0.3 is 0 Å². The first-order chi connectivity index (χ1) is 8.74. The van der Waals surface area contributed by atoms with Crippen LogP contribution in [-0.4, -0.2) is 20.5 Å². The molecule has 3 heterocycles. The number of hydrogen-bond acceptors (Lipinski definition) is 4. The summed E-state index contributed by atoms with van der Waals surface area (Å²) in [5, 5.41) is 7.42. The van der Waals surface area contributed by atoms with E-state index >= 15 is 0 Å². The molecule has 1 amide bonds. The second-order valence-corrected chi connectivity index (χ2v) is 5.92. The maximum absolute atomic E-state index is 12.1. The monoisotopic (exact) mass is 322 g/mol. The van der Waals surface area contributed by atoms with Crippen LogP contribution in [0.15, 0.2) is 40.6 Å². The van der Waals surface area contributed by atoms with Gasteiger partial charge in [0.1, 0.15) is 0 Å². The van der Waals surface area contributed by atoms with Gasteiger partial charge >= 0.3 is 0 Å². The number of fused-ring (bicyclic) bond motifs is 1. The first kappa shape index (κ1) is 11.4. The van der Waals surface area contributed by atoms with Crippen molar-refractivity contribution in [3.05, 3.63) is 46.1 Å². The molecule has 0 unspecified atom stereocenters. The highest BCUT2D eigenvalue weighted by atomic mass is 79.9. The molecule has 1 N–H and O–H groups in total. The van der Waals surface area contributed by atoms with Crippen LogP contribution < -0.4 is 5.32 Å². The van der Waals surface area contributed by atoms with E-state index in [2.05, 4.69) is 31.3 Å². The third-order valence-electron chi connectivity index (χ3n) is 2.37. The molecule has 18 heavy (non-hydrogen) atoms. The maximum atomic E-state index is 12.1. The van der Waals surface area contributed by atoms with E-state index in [0.29, 0.717) is 10.7 Å². The fraction of sp³-hybridized carbons (Fsp3) is 0. The number of anilines is 1. The van der Waals surface area contributed by atoms with Crippen LogP contribution in [0.2, 0.25) is 0 Å². The molecule has 5 nitrogen and oxygen atoms in total. The third-order valence-corrected chi connectivity index (χ3v) is 3.76. The largest absolute Gasteiger partial charge is 0.298 e. The Balaban J connectivity index is 1.92. The molecule has 7 heteroatoms. The maximum Gasteiger partial charge on any atom is 0.261 e. The van der Waals surface area contributed by atoms with E-state index < -0.39 is 0 Å². The molecule has 3 aromatic heterocycles. The van der Waals surface area contributed by atoms with E-state index in [-0.39, 0.29) is 5.91 Å². The second-order valence-electron chi connectivity index (χ2n) is 3.51. The lowest BCUT2D eigenvalue weighted by molar-refractivity contribution is 0.102. The summed E-state index contributed by atoms with van der Waals surface area (Å²) in [7, 11) is 0. The normalized spacial score (nSPS) is 10.7. The number of carbonyl (C=O) groups excluding carboxylic acids is 1. The molecular weight excluding hydrogens is 316 g/mol. The van der Waals surface area contributed by atoms with Gasteiger partial charge in [-0.25, -0.2) is 9.50 Å². The molecule has 0 aliphatic rings. The summed E-state index contributed by atoms with van der Waals surface area (Å²) >= 11 is 4.66. The van der Waals surface area contributed by atoms with Gasteiger partial charge in [0.15, 0.2) is 5.13 Å². The van der Waals surface area contributed by atoms with Crippen molar-refractivity contribution >= 4 is 43.8 Å². The number of amides is 1. The summed E-state index contributed by atoms with van der Waals surface area (Å²) in [6, 6.07) is 5.58. The Bertz CT molecular complexity index is 720. The number of halogens is 1. The summed E-state index contributed by atoms with van der Waals surface area (Å²) in [5.41, 5.74) is 1.30. The van der Waals surface area contributed by atoms with Gasteiger partial charge in [-0.1, -0.05) is 17.4 Å². The molecular formula is C11H7BrN4OS. The zero-order valence-corrected chi connectivity index (χ0v) is 11.4. The van der Waals surface area contributed by atoms with Crippen LogP contribution in [0.3, 0.4) is 0 Å². The topological polar surface area (TPSA) is 59.3 Å². The van der Waals surface area contributed by atoms with Crippen LogP contribution in [0.5, 0.6) is 0 Å². The fourth-order valence-corrected chi connectivity index (χ4v) is 2.69. The molecule has 3 rings (SSSR count). The first-order valence-electron chi connectivity index (χ1n) is 5.09. The first-order valence-corrected chi connectivity index (χ1v) is 6.70. The van der Waals surface area contributed by atoms with Crippen molar-refractivity contribution in [3.63, 3.8) is 0 Å². The van der Waals surface area contributed by atoms with Crippen molar-refractivity contribution in [3.8, 4) is 0 Å². The van der Waals surface area contributed by atoms with E-state index in [0.717, 1.165) is 9.30 Å². The van der Waals surface area contributed by atoms with Crippen LogP contribution >= 0.6 is 27.3 Å². The van der Waals surface area contributed by atoms with Gasteiger partial charge in [0.25, 0.3) is 5.91 Å². The Morgan fingerprint density at radius 3 is 3.06 bits per heavy atom. The van der Waals surface area contributed by atoms with Gasteiger partial charge in [0.05, 0.1) is 27.3 Å². The zero-order valence-electron chi connectivity index (χ0n) is 9.00. The Morgan fingerprint density at radius 1 is 1.39 bits per heavy atom. The van der Waals surface area contributed by atoms with Crippen molar-refractivity contribution < 1.29 is 4.79 Å². The number of rotatable bonds is 2. The number of thiazole rings is 1. The molecule has 0 fully saturated rings. The van der Waals surface area contributed by atoms with Gasteiger partial charge in [-0.05, 0) is 28.1 Å². The quantitative estimate of drug-likeness (QED) is 0.789. The van der Waals surface area contributed by atoms with E-state index in [4.69, 9.17) is 0 Å². The van der Waals surface area contributed by atoms with Gasteiger partial charge in [-0.15, -0.1) is 0 Å². The van der Waals surface area contributed by atoms with Crippen LogP contribution in [0, 0.1) is 0 Å². The highest BCUT2D eigenvalue weighted by molar-refractivity contribution is 9.11. The Hall–Kier alpha value is -1.73. The van der Waals surface area contributed by atoms with Crippen LogP contribution in [0.4, 0.5) is 5.13 Å². The minimum absolute atomic E-state index is 0.210. The minimum Gasteiger partial charge on any atom is -0.298 e. The van der Waals surface area contributed by atoms with Crippen LogP contribution in [-0.2, 0) is 0 Å². The van der Waals surface area contributed by atoms with Crippen molar-refractivity contribution in [2.45, 2.75) is 0 Å². The highest BCUT2D eigenvalue weighted by Crippen LogP contribution is 2.24. The predicted molar refractivity (Wildman–Crippen MR) is 73.0 cm³/mol. The smallest absolute Gasteiger partial charge is 0.261 e. The molecule has 0 saturated heterocycles. The molecule has 0 radical (unpaired) electrons. The van der Waals surface area contributed by atoms with E-state index in [9.17, 15) is 4.79 Å². The average molecular weight is 323 g/mol. The lowest BCUT2D eigenvalue weighted by Gasteiger charge is -1.99. The molecule has 0 aliphatic heterocycles. The van der Waals surface area contributed by atoms with Gasteiger partial charge in [-0.2, -0.15) is 5.10 Å². The molecule has 3 aromatic rings. The number of carbonyl (C=O) groups is 1. The van der Waals surface area contributed by atoms with Crippen LogP contribution in [0.1, 0.15) is 10.4 Å². The third kappa shape index (κ3) is 2.02. The van der Waals surface area contributed by atoms with Gasteiger partial charge in [0, 0.05) is 6.20 Å². The number of nitrogens with one attached hydrogen (secondary N) is 1. The van der Waals surface area contributed by atoms with Crippen molar-refractivity contribution in [1.29, 1.82) is 0 Å². The molecule has 0 bridgehead atoms. The van der Waals surface area contributed by atoms with E-state index in [1.807, 2.05) is 18.2 Å². The number of pyridine rings is 1. The Morgan fingerprint density at radius 2 is 2.28 bits per heavy atom. The molecule has 0 atom stereocenters. The zero-order chi connectivity index (χ0) is 12.5. The lowest BCUT2D eigenvalue weighted by atomic mass is 10.2. The predicted octanol–water partition coefficient (Wildman–Crippen LogP) is 2.81. The minimum atomic E-state index is -0.210. The van der Waals surface area contributed by atoms with Crippen LogP contribution in [0.25, 0.3) is 5.52 Å². The van der Waals surface area contributed by atoms with Crippen molar-refractivity contribution in [2.24, 2.45) is 0 Å². The van der Waals surface area contributed by atoms with Crippen molar-refractivity contribution in [1.82, 2.24) is 14.6 Å². The average Bonchev–Trinajstić information content (AvgIpc) is 2.95. The number of nitrogens with zero attached hydrogens (tertiary/aromatic N) is 3. The van der Waals surface area contributed by atoms with Gasteiger partial charge in [0.2, 0.25) is 0 Å². The highest BCUT2D eigenvalue weighted by Gasteiger charge is 2.13. The molecule has 0 saturated carbocycles. The van der Waals surface area contributed by atoms with Gasteiger partial charge in [-0.3, -0.25) is 10.1 Å². The summed E-state index contributed by atoms with van der Waals surface area (Å²) in [6.45, 7) is 0. The summed E-state index contributed by atoms with van der Waals surface area (Å²) in [4.78, 5) is 16.1. The molecule has 0 aliphatic carbocycles. The molecule has 0 spiro atoms. The fourth-order valence-electron chi connectivity index (χ4n) is 1.59. The van der Waals surface area contributed by atoms with E-state index in [1.165, 1.54) is 11.3 Å². The van der Waals surface area contributed by atoms with E-state index in [1.54, 1.807) is 23.1 Å². The van der Waals surface area contributed by atoms with Crippen molar-refractivity contribution in [2.75, 3.05) is 5.32 Å². The molecule has 0 aromatic carbocycles. The standard InChI is InChI=1S/C11H7BrN4OS/c12-9-6-13-11(18-9)15-10(17)7-5-14-16-4-2-1-3-8(7)16/h1-6H,(H,13,15,17). The lowest BCUT2D eigenvalue weighted by Crippen LogP contribution is -2.11. The summed E-state index contributed by atoms with van der Waals surface area (Å²) in [5.74, 6) is -0.210. The number of aromatic nitrogens is 3. The number of hydrogen-bond donors (Lipinski definition) is 1. The second kappa shape index (κ2) is 4.51.